The lowest BCUT2D eigenvalue weighted by Crippen LogP contribution is -2.50. The summed E-state index contributed by atoms with van der Waals surface area (Å²) in [5.74, 6) is 0. The van der Waals surface area contributed by atoms with Crippen molar-refractivity contribution in [2.24, 2.45) is 0 Å². The Kier molecular flexibility index (Phi) is 13.0. The minimum absolute atomic E-state index is 0.237. The average Bonchev–Trinajstić information content (AvgIpc) is 3.47. The highest BCUT2D eigenvalue weighted by Crippen LogP contribution is 2.38. The maximum atomic E-state index is 12.1. The molecule has 2 aliphatic heterocycles. The molecule has 0 aromatic carbocycles. The number of hydrogen-bond acceptors (Lipinski definition) is 8. The van der Waals surface area contributed by atoms with Gasteiger partial charge >= 0.3 is 6.03 Å². The van der Waals surface area contributed by atoms with Crippen LogP contribution in [0, 0.1) is 0 Å². The van der Waals surface area contributed by atoms with E-state index in [9.17, 15) is 17.8 Å². The molecule has 208 valence electrons. The number of fused-ring (bicyclic) bond motifs is 2. The predicted octanol–water partition coefficient (Wildman–Crippen LogP) is 4.87. The molecule has 10 nitrogen and oxygen atoms in total. The second kappa shape index (κ2) is 15.2. The topological polar surface area (TPSA) is 116 Å². The Balaban J connectivity index is 0.000000256. The number of unbranched alkanes of at least 4 members (excludes halogenated alkanes) is 4. The number of hydroxylamine groups is 2. The molecule has 2 saturated heterocycles. The van der Waals surface area contributed by atoms with Crippen LogP contribution in [0.2, 0.25) is 0 Å². The largest absolute Gasteiger partial charge is 0.724 e. The zero-order valence-corrected chi connectivity index (χ0v) is 24.1. The fourth-order valence-electron chi connectivity index (χ4n) is 5.06. The molecule has 2 atom stereocenters. The summed E-state index contributed by atoms with van der Waals surface area (Å²) in [6.07, 6.45) is 13.6. The molecule has 3 heterocycles. The first-order valence-corrected chi connectivity index (χ1v) is 15.7. The lowest BCUT2D eigenvalue weighted by molar-refractivity contribution is -0.929. The average molecular weight is 548 g/mol. The molecule has 1 aromatic rings. The zero-order valence-electron chi connectivity index (χ0n) is 22.4. The lowest BCUT2D eigenvalue weighted by Gasteiger charge is -2.39. The Bertz CT molecular complexity index is 831. The van der Waals surface area contributed by atoms with Gasteiger partial charge < -0.3 is 13.9 Å². The van der Waals surface area contributed by atoms with E-state index in [0.29, 0.717) is 29.5 Å². The molecule has 36 heavy (non-hydrogen) atoms. The summed E-state index contributed by atoms with van der Waals surface area (Å²) < 4.78 is 41.4. The summed E-state index contributed by atoms with van der Waals surface area (Å²) in [4.78, 5) is 17.6. The number of hydrogen-bond donors (Lipinski definition) is 0. The number of aromatic nitrogens is 2. The van der Waals surface area contributed by atoms with Crippen molar-refractivity contribution >= 4 is 28.0 Å². The van der Waals surface area contributed by atoms with Crippen LogP contribution in [0.4, 0.5) is 4.79 Å². The summed E-state index contributed by atoms with van der Waals surface area (Å²) in [5.41, 5.74) is 0. The monoisotopic (exact) mass is 547 g/mol. The second-order valence-corrected chi connectivity index (χ2v) is 11.7. The third kappa shape index (κ3) is 9.20. The molecule has 0 radical (unpaired) electrons. The zero-order chi connectivity index (χ0) is 26.6. The molecule has 3 rings (SSSR count). The second-order valence-electron chi connectivity index (χ2n) is 9.92. The van der Waals surface area contributed by atoms with Crippen LogP contribution in [0.15, 0.2) is 6.33 Å². The van der Waals surface area contributed by atoms with Crippen LogP contribution in [0.1, 0.15) is 103 Å². The third-order valence-electron chi connectivity index (χ3n) is 7.10. The maximum absolute atomic E-state index is 12.1. The van der Waals surface area contributed by atoms with Gasteiger partial charge in [0.25, 0.3) is 0 Å². The van der Waals surface area contributed by atoms with Crippen molar-refractivity contribution in [3.05, 3.63) is 11.3 Å². The van der Waals surface area contributed by atoms with Crippen LogP contribution in [0.3, 0.4) is 0 Å². The molecule has 0 spiro atoms. The van der Waals surface area contributed by atoms with E-state index in [-0.39, 0.29) is 6.04 Å². The van der Waals surface area contributed by atoms with Gasteiger partial charge in [0.1, 0.15) is 11.3 Å². The Labute approximate surface area is 221 Å². The predicted molar refractivity (Wildman–Crippen MR) is 140 cm³/mol. The molecule has 0 aliphatic carbocycles. The van der Waals surface area contributed by atoms with Crippen molar-refractivity contribution in [2.45, 2.75) is 104 Å². The molecule has 2 bridgehead atoms. The summed E-state index contributed by atoms with van der Waals surface area (Å²) in [7, 11) is -4.95. The van der Waals surface area contributed by atoms with Crippen molar-refractivity contribution in [1.82, 2.24) is 19.3 Å². The number of urea groups is 1. The van der Waals surface area contributed by atoms with E-state index in [1.165, 1.54) is 105 Å². The summed E-state index contributed by atoms with van der Waals surface area (Å²) in [5, 5.41) is 1.35. The number of quaternary nitrogens is 1. The Hall–Kier alpha value is -1.34. The summed E-state index contributed by atoms with van der Waals surface area (Å²) >= 11 is 1.19. The van der Waals surface area contributed by atoms with Crippen LogP contribution in [0.5, 0.6) is 0 Å². The van der Waals surface area contributed by atoms with Gasteiger partial charge in [-0.15, -0.1) is 0 Å². The van der Waals surface area contributed by atoms with Crippen LogP contribution < -0.4 is 0 Å². The molecule has 0 unspecified atom stereocenters. The number of piperidine rings is 1. The first-order chi connectivity index (χ1) is 17.2. The molecular weight excluding hydrogens is 502 g/mol. The van der Waals surface area contributed by atoms with Gasteiger partial charge in [-0.3, -0.25) is 0 Å². The number of rotatable bonds is 15. The van der Waals surface area contributed by atoms with Gasteiger partial charge in [-0.1, -0.05) is 53.4 Å². The van der Waals surface area contributed by atoms with Crippen LogP contribution >= 0.6 is 11.5 Å². The van der Waals surface area contributed by atoms with E-state index < -0.39 is 22.5 Å². The van der Waals surface area contributed by atoms with Gasteiger partial charge in [-0.25, -0.2) is 18.2 Å². The number of carbonyl (C=O) groups excluding carboxylic acids is 1. The quantitative estimate of drug-likeness (QED) is 0.175. The van der Waals surface area contributed by atoms with E-state index in [0.717, 1.165) is 0 Å². The van der Waals surface area contributed by atoms with Gasteiger partial charge in [-0.2, -0.15) is 13.7 Å². The van der Waals surface area contributed by atoms with E-state index in [1.54, 1.807) is 0 Å². The Morgan fingerprint density at radius 1 is 1.00 bits per heavy atom. The highest BCUT2D eigenvalue weighted by molar-refractivity contribution is 7.80. The van der Waals surface area contributed by atoms with E-state index in [2.05, 4.69) is 41.3 Å². The molecule has 12 heteroatoms. The molecule has 2 amide bonds. The van der Waals surface area contributed by atoms with Gasteiger partial charge in [0.05, 0.1) is 38.3 Å². The standard InChI is InChI=1S/C16H36N.C8H10N4O5S2/c1-5-9-13-17(14-10-6-2,15-11-7-3)16-12-8-4;13-8-11-3-5(12(8)17-19(14,15)16)1-2-6(11)7-9-4-10-18-7/h5-16H2,1-4H3;4-6H,1-3H2,(H,14,15,16)/q+1;/p-1/t;5-,6+/m.1/s1. The summed E-state index contributed by atoms with van der Waals surface area (Å²) in [6.45, 7) is 15.3. The minimum atomic E-state index is -4.95. The van der Waals surface area contributed by atoms with Crippen molar-refractivity contribution in [2.75, 3.05) is 32.7 Å². The molecule has 2 fully saturated rings. The Morgan fingerprint density at radius 2 is 1.53 bits per heavy atom. The van der Waals surface area contributed by atoms with Crippen molar-refractivity contribution in [3.8, 4) is 0 Å². The lowest BCUT2D eigenvalue weighted by atomic mass is 10.0. The molecule has 0 N–H and O–H groups in total. The minimum Gasteiger partial charge on any atom is -0.724 e. The Morgan fingerprint density at radius 3 is 1.94 bits per heavy atom. The molecular formula is C24H45N5O5S2. The first kappa shape index (κ1) is 30.9. The third-order valence-corrected chi connectivity index (χ3v) is 8.21. The highest BCUT2D eigenvalue weighted by atomic mass is 32.3. The highest BCUT2D eigenvalue weighted by Gasteiger charge is 2.47. The van der Waals surface area contributed by atoms with Crippen molar-refractivity contribution in [3.63, 3.8) is 0 Å². The fourth-order valence-corrected chi connectivity index (χ4v) is 6.10. The van der Waals surface area contributed by atoms with Crippen LogP contribution in [-0.2, 0) is 14.7 Å². The molecule has 1 aromatic heterocycles. The van der Waals surface area contributed by atoms with Gasteiger partial charge in [0.15, 0.2) is 0 Å². The SMILES string of the molecule is CCCC[N+](CCCC)(CCCC)CCCC.O=C1N2C[C@@H](CC[C@H]2c2ncns2)N1OS(=O)(=O)[O-]. The van der Waals surface area contributed by atoms with E-state index >= 15 is 0 Å². The van der Waals surface area contributed by atoms with Crippen LogP contribution in [-0.4, -0.2) is 81.6 Å². The number of nitrogens with zero attached hydrogens (tertiary/aromatic N) is 5. The smallest absolute Gasteiger partial charge is 0.346 e. The first-order valence-electron chi connectivity index (χ1n) is 13.6. The fraction of sp³-hybridized carbons (Fsp3) is 0.875. The van der Waals surface area contributed by atoms with Gasteiger partial charge in [-0.05, 0) is 50.1 Å². The van der Waals surface area contributed by atoms with E-state index in [4.69, 9.17) is 0 Å². The van der Waals surface area contributed by atoms with Gasteiger partial charge in [0, 0.05) is 6.54 Å². The molecule has 0 saturated carbocycles. The number of amides is 2. The van der Waals surface area contributed by atoms with Gasteiger partial charge in [0.2, 0.25) is 10.4 Å². The normalized spacial score (nSPS) is 20.0. The van der Waals surface area contributed by atoms with Crippen molar-refractivity contribution in [1.29, 1.82) is 0 Å². The van der Waals surface area contributed by atoms with E-state index in [1.807, 2.05) is 0 Å². The molecule has 2 aliphatic rings. The number of carbonyl (C=O) groups is 1. The van der Waals surface area contributed by atoms with Crippen molar-refractivity contribution < 1.29 is 26.5 Å². The summed E-state index contributed by atoms with van der Waals surface area (Å²) in [6, 6.07) is -1.28. The maximum Gasteiger partial charge on any atom is 0.346 e. The van der Waals surface area contributed by atoms with Crippen LogP contribution in [0.25, 0.3) is 0 Å².